The third-order valence-electron chi connectivity index (χ3n) is 2.95. The first-order valence-corrected chi connectivity index (χ1v) is 5.75. The smallest absolute Gasteiger partial charge is 0.162 e. The first-order valence-electron chi connectivity index (χ1n) is 5.75. The summed E-state index contributed by atoms with van der Waals surface area (Å²) in [5.74, 6) is -0.0787. The van der Waals surface area contributed by atoms with Crippen molar-refractivity contribution in [3.8, 4) is 11.5 Å². The molecular formula is C12H18N2O2. The zero-order valence-electron chi connectivity index (χ0n) is 9.32. The van der Waals surface area contributed by atoms with Gasteiger partial charge in [-0.2, -0.15) is 0 Å². The molecule has 1 aromatic rings. The van der Waals surface area contributed by atoms with Gasteiger partial charge >= 0.3 is 0 Å². The van der Waals surface area contributed by atoms with Crippen LogP contribution < -0.4 is 5.43 Å². The van der Waals surface area contributed by atoms with Crippen molar-refractivity contribution in [2.75, 3.05) is 13.1 Å². The number of hydrogen-bond acceptors (Lipinski definition) is 4. The fourth-order valence-corrected chi connectivity index (χ4v) is 1.97. The van der Waals surface area contributed by atoms with Crippen molar-refractivity contribution in [1.29, 1.82) is 0 Å². The molecule has 0 unspecified atom stereocenters. The molecule has 3 N–H and O–H groups in total. The Labute approximate surface area is 95.5 Å². The molecular weight excluding hydrogens is 204 g/mol. The van der Waals surface area contributed by atoms with Crippen molar-refractivity contribution in [2.45, 2.75) is 25.8 Å². The van der Waals surface area contributed by atoms with Crippen molar-refractivity contribution >= 4 is 0 Å². The van der Waals surface area contributed by atoms with Crippen molar-refractivity contribution in [3.05, 3.63) is 23.8 Å². The highest BCUT2D eigenvalue weighted by atomic mass is 16.3. The Kier molecular flexibility index (Phi) is 3.64. The van der Waals surface area contributed by atoms with Crippen LogP contribution in [-0.4, -0.2) is 28.3 Å². The predicted molar refractivity (Wildman–Crippen MR) is 62.0 cm³/mol. The second-order valence-corrected chi connectivity index (χ2v) is 4.17. The Balaban J connectivity index is 1.91. The van der Waals surface area contributed by atoms with Crippen LogP contribution in [0, 0.1) is 0 Å². The molecule has 2 rings (SSSR count). The zero-order chi connectivity index (χ0) is 11.4. The van der Waals surface area contributed by atoms with Crippen LogP contribution in [-0.2, 0) is 6.54 Å². The summed E-state index contributed by atoms with van der Waals surface area (Å²) in [6.07, 6.45) is 3.74. The van der Waals surface area contributed by atoms with Gasteiger partial charge in [0.1, 0.15) is 0 Å². The van der Waals surface area contributed by atoms with E-state index in [9.17, 15) is 10.2 Å². The van der Waals surface area contributed by atoms with Crippen LogP contribution in [0.1, 0.15) is 24.8 Å². The lowest BCUT2D eigenvalue weighted by molar-refractivity contribution is 0.150. The van der Waals surface area contributed by atoms with E-state index in [4.69, 9.17) is 0 Å². The average molecular weight is 222 g/mol. The number of nitrogens with one attached hydrogen (secondary N) is 1. The Morgan fingerprint density at radius 3 is 2.62 bits per heavy atom. The summed E-state index contributed by atoms with van der Waals surface area (Å²) >= 11 is 0. The third-order valence-corrected chi connectivity index (χ3v) is 2.95. The van der Waals surface area contributed by atoms with Crippen LogP contribution >= 0.6 is 0 Å². The van der Waals surface area contributed by atoms with E-state index in [1.54, 1.807) is 6.07 Å². The summed E-state index contributed by atoms with van der Waals surface area (Å²) < 4.78 is 0. The summed E-state index contributed by atoms with van der Waals surface area (Å²) in [5, 5.41) is 21.1. The molecule has 1 aliphatic rings. The minimum atomic E-state index is -0.0575. The molecule has 1 heterocycles. The van der Waals surface area contributed by atoms with Crippen LogP contribution in [0.25, 0.3) is 0 Å². The van der Waals surface area contributed by atoms with Crippen LogP contribution in [0.4, 0.5) is 0 Å². The van der Waals surface area contributed by atoms with Gasteiger partial charge in [0.15, 0.2) is 11.5 Å². The molecule has 0 amide bonds. The maximum Gasteiger partial charge on any atom is 0.162 e. The second kappa shape index (κ2) is 5.18. The summed E-state index contributed by atoms with van der Waals surface area (Å²) in [7, 11) is 0. The highest BCUT2D eigenvalue weighted by molar-refractivity contribution is 5.44. The van der Waals surface area contributed by atoms with Crippen molar-refractivity contribution in [3.63, 3.8) is 0 Å². The van der Waals surface area contributed by atoms with Gasteiger partial charge in [0.2, 0.25) is 0 Å². The molecule has 0 radical (unpaired) electrons. The lowest BCUT2D eigenvalue weighted by Crippen LogP contribution is -2.41. The summed E-state index contributed by atoms with van der Waals surface area (Å²) in [6, 6.07) is 5.04. The van der Waals surface area contributed by atoms with E-state index in [1.807, 2.05) is 6.07 Å². The van der Waals surface area contributed by atoms with Gasteiger partial charge in [0.25, 0.3) is 0 Å². The number of phenolic OH excluding ortho intramolecular Hbond substituents is 2. The Hall–Kier alpha value is -1.26. The molecule has 88 valence electrons. The van der Waals surface area contributed by atoms with E-state index < -0.39 is 0 Å². The zero-order valence-corrected chi connectivity index (χ0v) is 9.32. The minimum absolute atomic E-state index is 0.0213. The maximum absolute atomic E-state index is 9.62. The number of phenols is 2. The van der Waals surface area contributed by atoms with Crippen LogP contribution in [0.2, 0.25) is 0 Å². The molecule has 4 nitrogen and oxygen atoms in total. The quantitative estimate of drug-likeness (QED) is 0.680. The topological polar surface area (TPSA) is 55.7 Å². The molecule has 0 saturated carbocycles. The molecule has 0 bridgehead atoms. The highest BCUT2D eigenvalue weighted by Crippen LogP contribution is 2.27. The molecule has 1 aromatic carbocycles. The van der Waals surface area contributed by atoms with Gasteiger partial charge in [0, 0.05) is 25.2 Å². The van der Waals surface area contributed by atoms with Gasteiger partial charge in [-0.05, 0) is 18.9 Å². The number of para-hydroxylation sites is 1. The van der Waals surface area contributed by atoms with Gasteiger partial charge in [-0.1, -0.05) is 18.6 Å². The van der Waals surface area contributed by atoms with Gasteiger partial charge in [-0.25, -0.2) is 5.01 Å². The molecule has 4 heteroatoms. The van der Waals surface area contributed by atoms with Crippen LogP contribution in [0.5, 0.6) is 11.5 Å². The first kappa shape index (κ1) is 11.2. The fraction of sp³-hybridized carbons (Fsp3) is 0.500. The molecule has 0 aliphatic carbocycles. The lowest BCUT2D eigenvalue weighted by Gasteiger charge is -2.27. The maximum atomic E-state index is 9.62. The van der Waals surface area contributed by atoms with Crippen molar-refractivity contribution in [1.82, 2.24) is 10.4 Å². The number of benzene rings is 1. The van der Waals surface area contributed by atoms with Gasteiger partial charge < -0.3 is 10.2 Å². The highest BCUT2D eigenvalue weighted by Gasteiger charge is 2.11. The number of hydrazine groups is 1. The van der Waals surface area contributed by atoms with Crippen LogP contribution in [0.3, 0.4) is 0 Å². The summed E-state index contributed by atoms with van der Waals surface area (Å²) in [6.45, 7) is 2.67. The number of rotatable bonds is 3. The third kappa shape index (κ3) is 2.65. The summed E-state index contributed by atoms with van der Waals surface area (Å²) in [5.41, 5.74) is 4.00. The van der Waals surface area contributed by atoms with Crippen LogP contribution in [0.15, 0.2) is 18.2 Å². The Bertz CT molecular complexity index is 349. The predicted octanol–water partition coefficient (Wildman–Crippen LogP) is 1.59. The standard InChI is InChI=1S/C12H18N2O2/c15-11-6-4-5-10(12(11)16)9-13-14-7-2-1-3-8-14/h4-6,13,15-16H,1-3,7-9H2. The van der Waals surface area contributed by atoms with E-state index in [-0.39, 0.29) is 11.5 Å². The lowest BCUT2D eigenvalue weighted by atomic mass is 10.1. The largest absolute Gasteiger partial charge is 0.504 e. The molecule has 0 spiro atoms. The van der Waals surface area contributed by atoms with E-state index >= 15 is 0 Å². The molecule has 1 saturated heterocycles. The van der Waals surface area contributed by atoms with Crippen molar-refractivity contribution in [2.24, 2.45) is 0 Å². The number of hydrogen-bond donors (Lipinski definition) is 3. The monoisotopic (exact) mass is 222 g/mol. The van der Waals surface area contributed by atoms with E-state index in [1.165, 1.54) is 25.3 Å². The number of aromatic hydroxyl groups is 2. The molecule has 1 aliphatic heterocycles. The van der Waals surface area contributed by atoms with E-state index in [0.717, 1.165) is 18.7 Å². The minimum Gasteiger partial charge on any atom is -0.504 e. The SMILES string of the molecule is Oc1cccc(CNN2CCCCC2)c1O. The molecule has 0 atom stereocenters. The fourth-order valence-electron chi connectivity index (χ4n) is 1.97. The first-order chi connectivity index (χ1) is 7.77. The van der Waals surface area contributed by atoms with E-state index in [0.29, 0.717) is 6.54 Å². The van der Waals surface area contributed by atoms with E-state index in [2.05, 4.69) is 10.4 Å². The number of nitrogens with zero attached hydrogens (tertiary/aromatic N) is 1. The molecule has 1 fully saturated rings. The molecule has 0 aromatic heterocycles. The molecule has 16 heavy (non-hydrogen) atoms. The van der Waals surface area contributed by atoms with Gasteiger partial charge in [0.05, 0.1) is 0 Å². The normalized spacial score (nSPS) is 17.5. The number of piperidine rings is 1. The second-order valence-electron chi connectivity index (χ2n) is 4.17. The average Bonchev–Trinajstić information content (AvgIpc) is 2.32. The van der Waals surface area contributed by atoms with Gasteiger partial charge in [-0.15, -0.1) is 0 Å². The van der Waals surface area contributed by atoms with Crippen molar-refractivity contribution < 1.29 is 10.2 Å². The van der Waals surface area contributed by atoms with Gasteiger partial charge in [-0.3, -0.25) is 5.43 Å². The Morgan fingerprint density at radius 1 is 1.12 bits per heavy atom. The summed E-state index contributed by atoms with van der Waals surface area (Å²) in [4.78, 5) is 0. The Morgan fingerprint density at radius 2 is 1.88 bits per heavy atom.